The number of nitrogens with one attached hydrogen (secondary N) is 1. The van der Waals surface area contributed by atoms with E-state index < -0.39 is 6.61 Å². The molecular weight excluding hydrogens is 268 g/mol. The molecule has 2 unspecified atom stereocenters. The Morgan fingerprint density at radius 3 is 2.60 bits per heavy atom. The van der Waals surface area contributed by atoms with Gasteiger partial charge in [-0.1, -0.05) is 25.1 Å². The van der Waals surface area contributed by atoms with E-state index in [1.54, 1.807) is 32.0 Å². The van der Waals surface area contributed by atoms with Crippen molar-refractivity contribution in [3.63, 3.8) is 0 Å². The number of carbonyl (C=O) groups excluding carboxylic acids is 1. The molecule has 0 saturated heterocycles. The monoisotopic (exact) mass is 287 g/mol. The summed E-state index contributed by atoms with van der Waals surface area (Å²) in [6, 6.07) is 5.98. The Morgan fingerprint density at radius 2 is 2.00 bits per heavy atom. The van der Waals surface area contributed by atoms with Crippen molar-refractivity contribution in [3.8, 4) is 5.75 Å². The molecule has 0 heterocycles. The van der Waals surface area contributed by atoms with Crippen molar-refractivity contribution in [2.45, 2.75) is 32.9 Å². The number of benzene rings is 1. The molecule has 1 aromatic carbocycles. The van der Waals surface area contributed by atoms with Gasteiger partial charge in [0.05, 0.1) is 6.42 Å². The molecule has 0 aromatic heterocycles. The number of para-hydroxylation sites is 1. The van der Waals surface area contributed by atoms with Gasteiger partial charge in [0.15, 0.2) is 0 Å². The van der Waals surface area contributed by atoms with Crippen LogP contribution in [0.25, 0.3) is 0 Å². The van der Waals surface area contributed by atoms with Crippen LogP contribution in [0.3, 0.4) is 0 Å². The highest BCUT2D eigenvalue weighted by atomic mass is 19.3. The van der Waals surface area contributed by atoms with Gasteiger partial charge in [-0.25, -0.2) is 0 Å². The third kappa shape index (κ3) is 5.13. The summed E-state index contributed by atoms with van der Waals surface area (Å²) in [5.74, 6) is -0.380. The zero-order valence-corrected chi connectivity index (χ0v) is 11.5. The lowest BCUT2D eigenvalue weighted by molar-refractivity contribution is -0.121. The molecule has 4 nitrogen and oxygen atoms in total. The molecule has 0 aliphatic carbocycles. The highest BCUT2D eigenvalue weighted by molar-refractivity contribution is 5.79. The summed E-state index contributed by atoms with van der Waals surface area (Å²) in [7, 11) is 0. The minimum Gasteiger partial charge on any atom is -0.435 e. The average Bonchev–Trinajstić information content (AvgIpc) is 2.39. The van der Waals surface area contributed by atoms with Crippen LogP contribution < -0.4 is 10.1 Å². The van der Waals surface area contributed by atoms with Crippen molar-refractivity contribution < 1.29 is 23.4 Å². The van der Waals surface area contributed by atoms with E-state index in [2.05, 4.69) is 10.1 Å². The van der Waals surface area contributed by atoms with E-state index in [-0.39, 0.29) is 36.6 Å². The Balaban J connectivity index is 2.66. The lowest BCUT2D eigenvalue weighted by atomic mass is 10.0. The number of hydrogen-bond acceptors (Lipinski definition) is 3. The van der Waals surface area contributed by atoms with Gasteiger partial charge in [0, 0.05) is 18.2 Å². The highest BCUT2D eigenvalue weighted by Gasteiger charge is 2.16. The number of alkyl halides is 2. The van der Waals surface area contributed by atoms with Crippen LogP contribution in [0.4, 0.5) is 8.78 Å². The fourth-order valence-electron chi connectivity index (χ4n) is 1.64. The molecule has 2 atom stereocenters. The van der Waals surface area contributed by atoms with Gasteiger partial charge in [-0.2, -0.15) is 8.78 Å². The zero-order chi connectivity index (χ0) is 15.1. The van der Waals surface area contributed by atoms with E-state index in [1.807, 2.05) is 0 Å². The Labute approximate surface area is 116 Å². The maximum absolute atomic E-state index is 12.2. The van der Waals surface area contributed by atoms with Gasteiger partial charge >= 0.3 is 6.61 Å². The first-order valence-electron chi connectivity index (χ1n) is 6.37. The lowest BCUT2D eigenvalue weighted by Gasteiger charge is -2.19. The molecule has 6 heteroatoms. The molecule has 1 aromatic rings. The molecule has 0 radical (unpaired) electrons. The molecule has 0 bridgehead atoms. The van der Waals surface area contributed by atoms with Crippen LogP contribution in [-0.2, 0) is 11.2 Å². The predicted octanol–water partition coefficient (Wildman–Crippen LogP) is 1.96. The third-order valence-electron chi connectivity index (χ3n) is 3.07. The zero-order valence-electron chi connectivity index (χ0n) is 11.5. The first kappa shape index (κ1) is 16.4. The van der Waals surface area contributed by atoms with Gasteiger partial charge in [0.2, 0.25) is 5.91 Å². The van der Waals surface area contributed by atoms with E-state index in [0.29, 0.717) is 5.56 Å². The third-order valence-corrected chi connectivity index (χ3v) is 3.07. The van der Waals surface area contributed by atoms with Crippen LogP contribution in [0.15, 0.2) is 24.3 Å². The first-order valence-corrected chi connectivity index (χ1v) is 6.37. The van der Waals surface area contributed by atoms with Crippen LogP contribution in [-0.4, -0.2) is 30.3 Å². The van der Waals surface area contributed by atoms with E-state index >= 15 is 0 Å². The molecule has 0 spiro atoms. The number of aliphatic hydroxyl groups excluding tert-OH is 1. The summed E-state index contributed by atoms with van der Waals surface area (Å²) >= 11 is 0. The van der Waals surface area contributed by atoms with Gasteiger partial charge in [-0.15, -0.1) is 0 Å². The molecule has 2 N–H and O–H groups in total. The van der Waals surface area contributed by atoms with Crippen molar-refractivity contribution in [1.29, 1.82) is 0 Å². The predicted molar refractivity (Wildman–Crippen MR) is 70.6 cm³/mol. The average molecular weight is 287 g/mol. The number of carbonyl (C=O) groups is 1. The molecular formula is C14H19F2NO3. The fraction of sp³-hybridized carbons (Fsp3) is 0.500. The molecule has 0 fully saturated rings. The van der Waals surface area contributed by atoms with Crippen LogP contribution in [0.2, 0.25) is 0 Å². The lowest BCUT2D eigenvalue weighted by Crippen LogP contribution is -2.39. The van der Waals surface area contributed by atoms with Crippen LogP contribution in [0.5, 0.6) is 5.75 Å². The number of rotatable bonds is 7. The van der Waals surface area contributed by atoms with Gasteiger partial charge in [0.1, 0.15) is 5.75 Å². The van der Waals surface area contributed by atoms with Crippen LogP contribution in [0.1, 0.15) is 19.4 Å². The normalized spacial score (nSPS) is 13.9. The van der Waals surface area contributed by atoms with Crippen molar-refractivity contribution in [3.05, 3.63) is 29.8 Å². The van der Waals surface area contributed by atoms with E-state index in [4.69, 9.17) is 5.11 Å². The maximum atomic E-state index is 12.2. The number of ether oxygens (including phenoxy) is 1. The molecule has 20 heavy (non-hydrogen) atoms. The number of hydrogen-bond donors (Lipinski definition) is 2. The van der Waals surface area contributed by atoms with Crippen molar-refractivity contribution in [2.75, 3.05) is 6.61 Å². The topological polar surface area (TPSA) is 58.6 Å². The fourth-order valence-corrected chi connectivity index (χ4v) is 1.64. The second-order valence-electron chi connectivity index (χ2n) is 4.68. The maximum Gasteiger partial charge on any atom is 0.387 e. The van der Waals surface area contributed by atoms with E-state index in [0.717, 1.165) is 0 Å². The summed E-state index contributed by atoms with van der Waals surface area (Å²) in [5.41, 5.74) is 0.397. The van der Waals surface area contributed by atoms with Gasteiger partial charge in [-0.3, -0.25) is 4.79 Å². The molecule has 112 valence electrons. The van der Waals surface area contributed by atoms with Crippen molar-refractivity contribution in [1.82, 2.24) is 5.32 Å². The summed E-state index contributed by atoms with van der Waals surface area (Å²) in [5, 5.41) is 11.7. The number of aliphatic hydroxyl groups is 1. The van der Waals surface area contributed by atoms with E-state index in [1.165, 1.54) is 6.07 Å². The van der Waals surface area contributed by atoms with Gasteiger partial charge < -0.3 is 15.2 Å². The van der Waals surface area contributed by atoms with Crippen molar-refractivity contribution >= 4 is 5.91 Å². The molecule has 0 aliphatic heterocycles. The molecule has 1 amide bonds. The summed E-state index contributed by atoms with van der Waals surface area (Å²) in [6.45, 7) is 0.624. The molecule has 0 saturated carbocycles. The minimum absolute atomic E-state index is 0.000472. The number of amides is 1. The standard InChI is InChI=1S/C14H19F2NO3/c1-9(8-18)10(2)17-13(19)7-11-5-3-4-6-12(11)20-14(15)16/h3-6,9-10,14,18H,7-8H2,1-2H3,(H,17,19). The molecule has 0 aliphatic rings. The van der Waals surface area contributed by atoms with E-state index in [9.17, 15) is 13.6 Å². The second kappa shape index (κ2) is 7.79. The first-order chi connectivity index (χ1) is 9.43. The SMILES string of the molecule is CC(CO)C(C)NC(=O)Cc1ccccc1OC(F)F. The smallest absolute Gasteiger partial charge is 0.387 e. The molecule has 1 rings (SSSR count). The Bertz CT molecular complexity index is 440. The number of halogens is 2. The van der Waals surface area contributed by atoms with Crippen molar-refractivity contribution in [2.24, 2.45) is 5.92 Å². The second-order valence-corrected chi connectivity index (χ2v) is 4.68. The highest BCUT2D eigenvalue weighted by Crippen LogP contribution is 2.20. The van der Waals surface area contributed by atoms with Gasteiger partial charge in [-0.05, 0) is 18.9 Å². The van der Waals surface area contributed by atoms with Crippen LogP contribution in [0, 0.1) is 5.92 Å². The summed E-state index contributed by atoms with van der Waals surface area (Å²) < 4.78 is 28.9. The quantitative estimate of drug-likeness (QED) is 0.806. The van der Waals surface area contributed by atoms with Gasteiger partial charge in [0.25, 0.3) is 0 Å². The minimum atomic E-state index is -2.92. The largest absolute Gasteiger partial charge is 0.435 e. The Morgan fingerprint density at radius 1 is 1.35 bits per heavy atom. The van der Waals surface area contributed by atoms with Crippen LogP contribution >= 0.6 is 0 Å². The summed E-state index contributed by atoms with van der Waals surface area (Å²) in [4.78, 5) is 11.8. The Kier molecular flexibility index (Phi) is 6.38. The Hall–Kier alpha value is -1.69. The summed E-state index contributed by atoms with van der Waals surface area (Å²) in [6.07, 6.45) is -0.0502.